The van der Waals surface area contributed by atoms with Crippen molar-refractivity contribution in [2.45, 2.75) is 26.2 Å². The molecular formula is C14H17NOS. The van der Waals surface area contributed by atoms with Gasteiger partial charge in [-0.2, -0.15) is 0 Å². The van der Waals surface area contributed by atoms with Crippen LogP contribution in [0.1, 0.15) is 31.1 Å². The number of hydrogen-bond acceptors (Lipinski definition) is 3. The Kier molecular flexibility index (Phi) is 4.56. The molecule has 0 aliphatic heterocycles. The summed E-state index contributed by atoms with van der Waals surface area (Å²) in [6.07, 6.45) is 13.5. The van der Waals surface area contributed by atoms with Crippen LogP contribution in [-0.4, -0.2) is 11.0 Å². The van der Waals surface area contributed by atoms with Gasteiger partial charge in [-0.15, -0.1) is 0 Å². The van der Waals surface area contributed by atoms with Crippen LogP contribution in [0, 0.1) is 0 Å². The topological polar surface area (TPSA) is 22.1 Å². The molecule has 0 amide bonds. The van der Waals surface area contributed by atoms with Gasteiger partial charge >= 0.3 is 0 Å². The number of nitrogens with zero attached hydrogens (tertiary/aromatic N) is 1. The van der Waals surface area contributed by atoms with Crippen molar-refractivity contribution in [2.75, 3.05) is 6.61 Å². The Morgan fingerprint density at radius 1 is 1.41 bits per heavy atom. The number of aromatic nitrogens is 1. The molecule has 0 N–H and O–H groups in total. The van der Waals surface area contributed by atoms with E-state index in [1.165, 1.54) is 28.4 Å². The van der Waals surface area contributed by atoms with Crippen molar-refractivity contribution in [2.24, 2.45) is 0 Å². The van der Waals surface area contributed by atoms with E-state index in [4.69, 9.17) is 4.74 Å². The summed E-state index contributed by atoms with van der Waals surface area (Å²) in [5, 5.41) is 0. The van der Waals surface area contributed by atoms with Crippen LogP contribution in [-0.2, 0) is 4.74 Å². The Hall–Kier alpha value is -1.35. The minimum atomic E-state index is 0.802. The lowest BCUT2D eigenvalue weighted by atomic mass is 10.1. The number of rotatable bonds is 5. The monoisotopic (exact) mass is 247 g/mol. The van der Waals surface area contributed by atoms with Crippen LogP contribution in [0.25, 0.3) is 5.57 Å². The van der Waals surface area contributed by atoms with Crippen LogP contribution >= 0.6 is 11.5 Å². The molecule has 17 heavy (non-hydrogen) atoms. The predicted octanol–water partition coefficient (Wildman–Crippen LogP) is 4.19. The molecule has 0 unspecified atom stereocenters. The summed E-state index contributed by atoms with van der Waals surface area (Å²) in [7, 11) is 0. The maximum Gasteiger partial charge on any atom is 0.118 e. The standard InChI is InChI=1S/C14H17NOS/c1-2-3-11-16-13-6-4-5-12(7-8-13)14-9-10-15-17-14/h4,6-10H,2-3,5,11H2,1H3. The Morgan fingerprint density at radius 2 is 2.35 bits per heavy atom. The van der Waals surface area contributed by atoms with E-state index in [1.54, 1.807) is 0 Å². The Balaban J connectivity index is 2.02. The highest BCUT2D eigenvalue weighted by Gasteiger charge is 2.04. The fourth-order valence-corrected chi connectivity index (χ4v) is 2.23. The summed E-state index contributed by atoms with van der Waals surface area (Å²) in [6.45, 7) is 2.97. The fourth-order valence-electron chi connectivity index (χ4n) is 1.60. The molecule has 0 radical (unpaired) electrons. The third-order valence-electron chi connectivity index (χ3n) is 2.59. The fraction of sp³-hybridized carbons (Fsp3) is 0.357. The van der Waals surface area contributed by atoms with E-state index in [0.717, 1.165) is 25.2 Å². The predicted molar refractivity (Wildman–Crippen MR) is 72.8 cm³/mol. The first-order valence-corrected chi connectivity index (χ1v) is 6.78. The molecule has 2 rings (SSSR count). The van der Waals surface area contributed by atoms with Crippen LogP contribution in [0.4, 0.5) is 0 Å². The molecular weight excluding hydrogens is 230 g/mol. The van der Waals surface area contributed by atoms with Gasteiger partial charge in [-0.25, -0.2) is 4.37 Å². The van der Waals surface area contributed by atoms with Crippen LogP contribution in [0.15, 0.2) is 42.3 Å². The van der Waals surface area contributed by atoms with Gasteiger partial charge in [0.25, 0.3) is 0 Å². The lowest BCUT2D eigenvalue weighted by Crippen LogP contribution is -1.91. The summed E-state index contributed by atoms with van der Waals surface area (Å²) in [4.78, 5) is 1.24. The van der Waals surface area contributed by atoms with E-state index >= 15 is 0 Å². The van der Waals surface area contributed by atoms with E-state index in [9.17, 15) is 0 Å². The molecule has 1 heterocycles. The average Bonchev–Trinajstić information content (AvgIpc) is 2.77. The van der Waals surface area contributed by atoms with Gasteiger partial charge in [-0.3, -0.25) is 0 Å². The molecule has 1 aliphatic rings. The maximum absolute atomic E-state index is 5.69. The van der Waals surface area contributed by atoms with Crippen molar-refractivity contribution in [3.05, 3.63) is 47.2 Å². The first-order valence-electron chi connectivity index (χ1n) is 6.01. The molecule has 3 heteroatoms. The SMILES string of the molecule is CCCCOC1=CC=C(c2ccns2)CC=C1. The van der Waals surface area contributed by atoms with Gasteiger partial charge in [0.2, 0.25) is 0 Å². The number of allylic oxidation sites excluding steroid dienone is 5. The summed E-state index contributed by atoms with van der Waals surface area (Å²) in [5.74, 6) is 0.956. The maximum atomic E-state index is 5.69. The number of unbranched alkanes of at least 4 members (excludes halogenated alkanes) is 1. The third-order valence-corrected chi connectivity index (χ3v) is 3.41. The zero-order valence-corrected chi connectivity index (χ0v) is 10.9. The molecule has 1 aromatic rings. The highest BCUT2D eigenvalue weighted by atomic mass is 32.1. The van der Waals surface area contributed by atoms with Gasteiger partial charge < -0.3 is 4.74 Å². The molecule has 2 nitrogen and oxygen atoms in total. The second kappa shape index (κ2) is 6.40. The Morgan fingerprint density at radius 3 is 3.12 bits per heavy atom. The van der Waals surface area contributed by atoms with Gasteiger partial charge in [0.1, 0.15) is 5.76 Å². The molecule has 1 aliphatic carbocycles. The average molecular weight is 247 g/mol. The van der Waals surface area contributed by atoms with Crippen molar-refractivity contribution >= 4 is 17.1 Å². The third kappa shape index (κ3) is 3.56. The molecule has 0 spiro atoms. The zero-order chi connectivity index (χ0) is 11.9. The molecule has 90 valence electrons. The zero-order valence-electron chi connectivity index (χ0n) is 10.1. The Bertz CT molecular complexity index is 429. The smallest absolute Gasteiger partial charge is 0.118 e. The van der Waals surface area contributed by atoms with Gasteiger partial charge in [-0.05, 0) is 48.2 Å². The minimum Gasteiger partial charge on any atom is -0.494 e. The first-order chi connectivity index (χ1) is 8.40. The van der Waals surface area contributed by atoms with Crippen molar-refractivity contribution < 1.29 is 4.74 Å². The summed E-state index contributed by atoms with van der Waals surface area (Å²) in [5.41, 5.74) is 1.30. The lowest BCUT2D eigenvalue weighted by molar-refractivity contribution is 0.219. The molecule has 0 saturated carbocycles. The first kappa shape index (κ1) is 12.1. The molecule has 1 aromatic heterocycles. The lowest BCUT2D eigenvalue weighted by Gasteiger charge is -2.04. The Labute approximate surface area is 106 Å². The van der Waals surface area contributed by atoms with Gasteiger partial charge in [0.05, 0.1) is 11.5 Å². The molecule has 0 saturated heterocycles. The highest BCUT2D eigenvalue weighted by Crippen LogP contribution is 2.24. The van der Waals surface area contributed by atoms with E-state index in [-0.39, 0.29) is 0 Å². The van der Waals surface area contributed by atoms with Gasteiger partial charge in [0.15, 0.2) is 0 Å². The second-order valence-electron chi connectivity index (χ2n) is 3.95. The van der Waals surface area contributed by atoms with Crippen LogP contribution < -0.4 is 0 Å². The summed E-state index contributed by atoms with van der Waals surface area (Å²) in [6, 6.07) is 2.06. The highest BCUT2D eigenvalue weighted by molar-refractivity contribution is 7.06. The van der Waals surface area contributed by atoms with Crippen molar-refractivity contribution in [3.8, 4) is 0 Å². The largest absolute Gasteiger partial charge is 0.494 e. The summed E-state index contributed by atoms with van der Waals surface area (Å²) >= 11 is 1.54. The number of hydrogen-bond donors (Lipinski definition) is 0. The van der Waals surface area contributed by atoms with Crippen molar-refractivity contribution in [1.29, 1.82) is 0 Å². The minimum absolute atomic E-state index is 0.802. The van der Waals surface area contributed by atoms with Crippen molar-refractivity contribution in [3.63, 3.8) is 0 Å². The van der Waals surface area contributed by atoms with Gasteiger partial charge in [0, 0.05) is 6.20 Å². The van der Waals surface area contributed by atoms with Crippen LogP contribution in [0.2, 0.25) is 0 Å². The summed E-state index contributed by atoms with van der Waals surface area (Å²) < 4.78 is 9.82. The van der Waals surface area contributed by atoms with E-state index in [2.05, 4.69) is 35.6 Å². The van der Waals surface area contributed by atoms with Crippen LogP contribution in [0.3, 0.4) is 0 Å². The molecule has 0 atom stereocenters. The normalized spacial score (nSPS) is 15.1. The van der Waals surface area contributed by atoms with E-state index in [1.807, 2.05) is 12.3 Å². The molecule has 0 bridgehead atoms. The van der Waals surface area contributed by atoms with Crippen molar-refractivity contribution in [1.82, 2.24) is 4.37 Å². The van der Waals surface area contributed by atoms with E-state index < -0.39 is 0 Å². The van der Waals surface area contributed by atoms with Crippen LogP contribution in [0.5, 0.6) is 0 Å². The second-order valence-corrected chi connectivity index (χ2v) is 4.78. The molecule has 0 aromatic carbocycles. The quantitative estimate of drug-likeness (QED) is 0.728. The van der Waals surface area contributed by atoms with Gasteiger partial charge in [-0.1, -0.05) is 25.5 Å². The number of ether oxygens (including phenoxy) is 1. The van der Waals surface area contributed by atoms with E-state index in [0.29, 0.717) is 0 Å². The molecule has 0 fully saturated rings.